The fraction of sp³-hybridized carbons (Fsp3) is 0.412. The summed E-state index contributed by atoms with van der Waals surface area (Å²) in [4.78, 5) is 14.9. The molecular weight excluding hydrogens is 421 g/mol. The lowest BCUT2D eigenvalue weighted by Gasteiger charge is -2.27. The second-order valence-electron chi connectivity index (χ2n) is 5.74. The van der Waals surface area contributed by atoms with Gasteiger partial charge in [-0.15, -0.1) is 0 Å². The van der Waals surface area contributed by atoms with Gasteiger partial charge in [-0.3, -0.25) is 9.48 Å². The maximum Gasteiger partial charge on any atom is 0.255 e. The number of methoxy groups -OCH3 is 2. The number of amides is 1. The van der Waals surface area contributed by atoms with E-state index in [-0.39, 0.29) is 11.9 Å². The molecule has 1 heterocycles. The molecule has 24 heavy (non-hydrogen) atoms. The molecule has 2 aromatic rings. The molecule has 0 fully saturated rings. The lowest BCUT2D eigenvalue weighted by atomic mass is 10.1. The lowest BCUT2D eigenvalue weighted by molar-refractivity contribution is 0.0688. The van der Waals surface area contributed by atoms with Gasteiger partial charge in [0, 0.05) is 35.0 Å². The summed E-state index contributed by atoms with van der Waals surface area (Å²) in [6.07, 6.45) is 3.70. The Hall–Kier alpha value is -1.77. The Morgan fingerprint density at radius 2 is 1.92 bits per heavy atom. The number of hydrogen-bond acceptors (Lipinski definition) is 4. The summed E-state index contributed by atoms with van der Waals surface area (Å²) in [6, 6.07) is 3.61. The molecule has 1 amide bonds. The van der Waals surface area contributed by atoms with E-state index < -0.39 is 0 Å². The number of carbonyl (C=O) groups is 1. The Balaban J connectivity index is 2.36. The van der Waals surface area contributed by atoms with E-state index in [0.717, 1.165) is 9.13 Å². The molecule has 0 atom stereocenters. The Morgan fingerprint density at radius 1 is 1.29 bits per heavy atom. The zero-order valence-corrected chi connectivity index (χ0v) is 16.7. The van der Waals surface area contributed by atoms with Crippen LogP contribution in [-0.4, -0.2) is 40.8 Å². The maximum atomic E-state index is 13.1. The van der Waals surface area contributed by atoms with E-state index >= 15 is 0 Å². The van der Waals surface area contributed by atoms with Crippen LogP contribution in [0.4, 0.5) is 0 Å². The first-order valence-corrected chi connectivity index (χ1v) is 8.65. The smallest absolute Gasteiger partial charge is 0.255 e. The molecule has 0 saturated heterocycles. The molecule has 0 N–H and O–H groups in total. The Kier molecular flexibility index (Phi) is 6.09. The van der Waals surface area contributed by atoms with Gasteiger partial charge in [-0.05, 0) is 48.6 Å². The molecule has 2 rings (SSSR count). The molecule has 130 valence electrons. The van der Waals surface area contributed by atoms with Crippen molar-refractivity contribution in [1.29, 1.82) is 0 Å². The molecule has 0 aliphatic heterocycles. The summed E-state index contributed by atoms with van der Waals surface area (Å²) < 4.78 is 13.2. The van der Waals surface area contributed by atoms with Gasteiger partial charge in [0.1, 0.15) is 0 Å². The summed E-state index contributed by atoms with van der Waals surface area (Å²) in [6.45, 7) is 4.51. The van der Waals surface area contributed by atoms with Gasteiger partial charge < -0.3 is 14.4 Å². The highest BCUT2D eigenvalue weighted by atomic mass is 127. The average Bonchev–Trinajstić information content (AvgIpc) is 2.96. The zero-order chi connectivity index (χ0) is 17.9. The summed E-state index contributed by atoms with van der Waals surface area (Å²) in [5, 5.41) is 4.17. The Labute approximate surface area is 155 Å². The van der Waals surface area contributed by atoms with Crippen molar-refractivity contribution in [2.75, 3.05) is 14.2 Å². The van der Waals surface area contributed by atoms with Crippen molar-refractivity contribution in [3.63, 3.8) is 0 Å². The normalized spacial score (nSPS) is 10.8. The fourth-order valence-corrected chi connectivity index (χ4v) is 3.08. The van der Waals surface area contributed by atoms with Crippen LogP contribution in [-0.2, 0) is 13.6 Å². The van der Waals surface area contributed by atoms with Crippen LogP contribution in [0.5, 0.6) is 11.5 Å². The number of nitrogens with zero attached hydrogens (tertiary/aromatic N) is 3. The number of rotatable bonds is 6. The van der Waals surface area contributed by atoms with Gasteiger partial charge in [0.2, 0.25) is 0 Å². The molecule has 0 saturated carbocycles. The van der Waals surface area contributed by atoms with Crippen molar-refractivity contribution in [1.82, 2.24) is 14.7 Å². The third kappa shape index (κ3) is 4.00. The third-order valence-electron chi connectivity index (χ3n) is 3.70. The van der Waals surface area contributed by atoms with E-state index in [1.807, 2.05) is 38.1 Å². The van der Waals surface area contributed by atoms with Gasteiger partial charge in [-0.25, -0.2) is 0 Å². The summed E-state index contributed by atoms with van der Waals surface area (Å²) in [7, 11) is 5.01. The number of hydrogen-bond donors (Lipinski definition) is 0. The van der Waals surface area contributed by atoms with E-state index in [0.29, 0.717) is 23.6 Å². The van der Waals surface area contributed by atoms with Gasteiger partial charge in [0.25, 0.3) is 5.91 Å². The first-order chi connectivity index (χ1) is 11.4. The quantitative estimate of drug-likeness (QED) is 0.645. The van der Waals surface area contributed by atoms with Crippen molar-refractivity contribution >= 4 is 28.5 Å². The van der Waals surface area contributed by atoms with Gasteiger partial charge in [0.05, 0.1) is 26.0 Å². The highest BCUT2D eigenvalue weighted by Gasteiger charge is 2.23. The fourth-order valence-electron chi connectivity index (χ4n) is 2.41. The van der Waals surface area contributed by atoms with E-state index in [2.05, 4.69) is 27.7 Å². The van der Waals surface area contributed by atoms with Crippen LogP contribution >= 0.6 is 22.6 Å². The molecular formula is C17H22IN3O3. The average molecular weight is 443 g/mol. The van der Waals surface area contributed by atoms with E-state index in [1.54, 1.807) is 31.2 Å². The van der Waals surface area contributed by atoms with Gasteiger partial charge >= 0.3 is 0 Å². The maximum absolute atomic E-state index is 13.1. The van der Waals surface area contributed by atoms with E-state index in [1.165, 1.54) is 0 Å². The number of aryl methyl sites for hydroxylation is 1. The van der Waals surface area contributed by atoms with Crippen LogP contribution in [0.2, 0.25) is 0 Å². The van der Waals surface area contributed by atoms with E-state index in [4.69, 9.17) is 9.47 Å². The molecule has 7 heteroatoms. The van der Waals surface area contributed by atoms with Crippen LogP contribution in [0.3, 0.4) is 0 Å². The molecule has 1 aromatic carbocycles. The number of benzene rings is 1. The molecule has 0 aliphatic carbocycles. The van der Waals surface area contributed by atoms with Crippen molar-refractivity contribution in [2.24, 2.45) is 7.05 Å². The molecule has 6 nitrogen and oxygen atoms in total. The number of ether oxygens (including phenoxy) is 2. The molecule has 1 aromatic heterocycles. The summed E-state index contributed by atoms with van der Waals surface area (Å²) in [5.74, 6) is 1.12. The summed E-state index contributed by atoms with van der Waals surface area (Å²) >= 11 is 2.15. The van der Waals surface area contributed by atoms with Gasteiger partial charge in [0.15, 0.2) is 11.5 Å². The minimum atomic E-state index is -0.0424. The van der Waals surface area contributed by atoms with Crippen LogP contribution < -0.4 is 9.47 Å². The van der Waals surface area contributed by atoms with Crippen molar-refractivity contribution in [2.45, 2.75) is 26.4 Å². The highest BCUT2D eigenvalue weighted by Crippen LogP contribution is 2.32. The number of halogens is 1. The molecule has 0 radical (unpaired) electrons. The zero-order valence-electron chi connectivity index (χ0n) is 14.5. The van der Waals surface area contributed by atoms with E-state index in [9.17, 15) is 4.79 Å². The van der Waals surface area contributed by atoms with Crippen molar-refractivity contribution < 1.29 is 14.3 Å². The van der Waals surface area contributed by atoms with Crippen LogP contribution in [0.1, 0.15) is 29.8 Å². The lowest BCUT2D eigenvalue weighted by Crippen LogP contribution is -2.36. The second-order valence-corrected chi connectivity index (χ2v) is 6.90. The Morgan fingerprint density at radius 3 is 2.42 bits per heavy atom. The van der Waals surface area contributed by atoms with Crippen molar-refractivity contribution in [3.05, 3.63) is 39.2 Å². The van der Waals surface area contributed by atoms with Crippen molar-refractivity contribution in [3.8, 4) is 11.5 Å². The number of carbonyl (C=O) groups excluding carboxylic acids is 1. The molecule has 0 bridgehead atoms. The molecule has 0 aliphatic rings. The minimum absolute atomic E-state index is 0.0424. The Bertz CT molecular complexity index is 728. The predicted molar refractivity (Wildman–Crippen MR) is 100 cm³/mol. The molecule has 0 unspecified atom stereocenters. The largest absolute Gasteiger partial charge is 0.493 e. The number of aromatic nitrogens is 2. The predicted octanol–water partition coefficient (Wildman–Crippen LogP) is 3.09. The topological polar surface area (TPSA) is 56.6 Å². The van der Waals surface area contributed by atoms with Crippen LogP contribution in [0.15, 0.2) is 24.5 Å². The second kappa shape index (κ2) is 7.87. The minimum Gasteiger partial charge on any atom is -0.493 e. The molecule has 0 spiro atoms. The highest BCUT2D eigenvalue weighted by molar-refractivity contribution is 14.1. The summed E-state index contributed by atoms with van der Waals surface area (Å²) in [5.41, 5.74) is 1.60. The first kappa shape index (κ1) is 18.6. The monoisotopic (exact) mass is 443 g/mol. The van der Waals surface area contributed by atoms with Gasteiger partial charge in [-0.2, -0.15) is 5.10 Å². The van der Waals surface area contributed by atoms with Gasteiger partial charge in [-0.1, -0.05) is 0 Å². The SMILES string of the molecule is COc1cc(I)c(C(=O)N(Cc2cnn(C)c2)C(C)C)cc1OC. The first-order valence-electron chi connectivity index (χ1n) is 7.57. The standard InChI is InChI=1S/C17H22IN3O3/c1-11(2)21(10-12-8-19-20(3)9-12)17(22)13-6-15(23-4)16(24-5)7-14(13)18/h6-9,11H,10H2,1-5H3. The van der Waals surface area contributed by atoms with Crippen LogP contribution in [0.25, 0.3) is 0 Å². The third-order valence-corrected chi connectivity index (χ3v) is 4.59. The van der Waals surface area contributed by atoms with Crippen LogP contribution in [0, 0.1) is 3.57 Å².